The average molecular weight is 407 g/mol. The number of aromatic nitrogens is 1. The molecule has 0 aromatic carbocycles. The van der Waals surface area contributed by atoms with Gasteiger partial charge in [-0.25, -0.2) is 13.4 Å². The highest BCUT2D eigenvalue weighted by atomic mass is 32.2. The average Bonchev–Trinajstić information content (AvgIpc) is 2.74. The lowest BCUT2D eigenvalue weighted by Gasteiger charge is -2.40. The molecule has 0 unspecified atom stereocenters. The highest BCUT2D eigenvalue weighted by Crippen LogP contribution is 2.22. The summed E-state index contributed by atoms with van der Waals surface area (Å²) < 4.78 is 23.1. The van der Waals surface area contributed by atoms with Gasteiger partial charge in [-0.05, 0) is 50.9 Å². The van der Waals surface area contributed by atoms with Crippen LogP contribution in [-0.2, 0) is 9.84 Å². The molecular formula is C20H30N4O3S. The van der Waals surface area contributed by atoms with Crippen LogP contribution >= 0.6 is 0 Å². The number of nitrogens with zero attached hydrogens (tertiary/aromatic N) is 4. The molecule has 4 heterocycles. The van der Waals surface area contributed by atoms with Crippen LogP contribution in [0.15, 0.2) is 18.3 Å². The maximum Gasteiger partial charge on any atom is 0.255 e. The lowest BCUT2D eigenvalue weighted by atomic mass is 9.99. The third-order valence-corrected chi connectivity index (χ3v) is 7.93. The van der Waals surface area contributed by atoms with E-state index in [-0.39, 0.29) is 17.4 Å². The van der Waals surface area contributed by atoms with E-state index in [4.69, 9.17) is 0 Å². The van der Waals surface area contributed by atoms with Crippen molar-refractivity contribution in [1.29, 1.82) is 0 Å². The minimum atomic E-state index is -2.91. The summed E-state index contributed by atoms with van der Waals surface area (Å²) in [5, 5.41) is 0. The maximum absolute atomic E-state index is 12.8. The molecule has 0 N–H and O–H groups in total. The van der Waals surface area contributed by atoms with E-state index in [1.807, 2.05) is 21.9 Å². The Balaban J connectivity index is 1.31. The third-order valence-electron chi connectivity index (χ3n) is 6.32. The Morgan fingerprint density at radius 1 is 0.929 bits per heavy atom. The molecule has 3 aliphatic heterocycles. The van der Waals surface area contributed by atoms with Crippen LogP contribution in [0, 0.1) is 0 Å². The van der Waals surface area contributed by atoms with Gasteiger partial charge in [-0.3, -0.25) is 4.79 Å². The van der Waals surface area contributed by atoms with E-state index < -0.39 is 9.84 Å². The van der Waals surface area contributed by atoms with Crippen LogP contribution in [0.3, 0.4) is 0 Å². The largest absolute Gasteiger partial charge is 0.355 e. The predicted molar refractivity (Wildman–Crippen MR) is 109 cm³/mol. The number of carbonyl (C=O) groups excluding carboxylic acids is 1. The number of sulfone groups is 1. The van der Waals surface area contributed by atoms with Gasteiger partial charge in [-0.15, -0.1) is 0 Å². The Morgan fingerprint density at radius 2 is 1.61 bits per heavy atom. The number of hydrogen-bond acceptors (Lipinski definition) is 6. The molecule has 8 heteroatoms. The van der Waals surface area contributed by atoms with Crippen molar-refractivity contribution in [3.63, 3.8) is 0 Å². The minimum absolute atomic E-state index is 0.0531. The summed E-state index contributed by atoms with van der Waals surface area (Å²) in [6.07, 6.45) is 7.71. The Bertz CT molecular complexity index is 768. The molecule has 0 bridgehead atoms. The van der Waals surface area contributed by atoms with Gasteiger partial charge in [0.1, 0.15) is 5.82 Å². The van der Waals surface area contributed by atoms with E-state index in [1.165, 1.54) is 32.4 Å². The number of amides is 1. The normalized spacial score (nSPS) is 24.3. The van der Waals surface area contributed by atoms with Crippen LogP contribution in [0.25, 0.3) is 0 Å². The lowest BCUT2D eigenvalue weighted by molar-refractivity contribution is 0.0589. The van der Waals surface area contributed by atoms with E-state index in [9.17, 15) is 13.2 Å². The number of anilines is 1. The maximum atomic E-state index is 12.8. The molecule has 3 fully saturated rings. The van der Waals surface area contributed by atoms with Crippen molar-refractivity contribution in [2.24, 2.45) is 0 Å². The second kappa shape index (κ2) is 8.37. The fraction of sp³-hybridized carbons (Fsp3) is 0.700. The molecule has 0 radical (unpaired) electrons. The summed E-state index contributed by atoms with van der Waals surface area (Å²) >= 11 is 0. The zero-order chi connectivity index (χ0) is 19.6. The molecule has 154 valence electrons. The Hall–Kier alpha value is -1.67. The molecule has 0 atom stereocenters. The van der Waals surface area contributed by atoms with Crippen molar-refractivity contribution in [2.75, 3.05) is 55.7 Å². The summed E-state index contributed by atoms with van der Waals surface area (Å²) in [5.41, 5.74) is 0.616. The highest BCUT2D eigenvalue weighted by molar-refractivity contribution is 7.91. The molecule has 1 aromatic rings. The Labute approximate surface area is 167 Å². The first-order valence-corrected chi connectivity index (χ1v) is 12.3. The number of carbonyl (C=O) groups is 1. The zero-order valence-corrected chi connectivity index (χ0v) is 17.2. The SMILES string of the molecule is O=C(c1ccc(N2CCS(=O)(=O)CC2)nc1)N1CCC(N2CCCCC2)CC1. The fourth-order valence-electron chi connectivity index (χ4n) is 4.54. The van der Waals surface area contributed by atoms with Gasteiger partial charge in [0.25, 0.3) is 5.91 Å². The second-order valence-electron chi connectivity index (χ2n) is 8.16. The predicted octanol–water partition coefficient (Wildman–Crippen LogP) is 1.41. The number of piperidine rings is 2. The van der Waals surface area contributed by atoms with Gasteiger partial charge in [0.05, 0.1) is 17.1 Å². The molecule has 3 saturated heterocycles. The van der Waals surface area contributed by atoms with Gasteiger partial charge in [0, 0.05) is 38.4 Å². The first-order chi connectivity index (χ1) is 13.5. The Kier molecular flexibility index (Phi) is 5.87. The number of rotatable bonds is 3. The molecule has 4 rings (SSSR count). The first-order valence-electron chi connectivity index (χ1n) is 10.5. The molecule has 1 aromatic heterocycles. The monoisotopic (exact) mass is 406 g/mol. The summed E-state index contributed by atoms with van der Waals surface area (Å²) in [6, 6.07) is 4.29. The third kappa shape index (κ3) is 4.49. The number of pyridine rings is 1. The topological polar surface area (TPSA) is 73.8 Å². The smallest absolute Gasteiger partial charge is 0.255 e. The van der Waals surface area contributed by atoms with Crippen molar-refractivity contribution < 1.29 is 13.2 Å². The van der Waals surface area contributed by atoms with Crippen molar-refractivity contribution in [3.05, 3.63) is 23.9 Å². The van der Waals surface area contributed by atoms with Gasteiger partial charge in [-0.2, -0.15) is 0 Å². The van der Waals surface area contributed by atoms with Crippen molar-refractivity contribution in [1.82, 2.24) is 14.8 Å². The zero-order valence-electron chi connectivity index (χ0n) is 16.4. The molecule has 28 heavy (non-hydrogen) atoms. The number of hydrogen-bond donors (Lipinski definition) is 0. The van der Waals surface area contributed by atoms with Crippen LogP contribution < -0.4 is 4.90 Å². The Morgan fingerprint density at radius 3 is 2.21 bits per heavy atom. The standard InChI is InChI=1S/C20H30N4O3S/c25-20(24-10-6-18(7-11-24)22-8-2-1-3-9-22)17-4-5-19(21-16-17)23-12-14-28(26,27)15-13-23/h4-5,16,18H,1-3,6-15H2. The lowest BCUT2D eigenvalue weighted by Crippen LogP contribution is -2.48. The molecule has 0 spiro atoms. The van der Waals surface area contributed by atoms with Gasteiger partial charge in [-0.1, -0.05) is 6.42 Å². The summed E-state index contributed by atoms with van der Waals surface area (Å²) in [4.78, 5) is 23.8. The van der Waals surface area contributed by atoms with Crippen LogP contribution in [0.2, 0.25) is 0 Å². The quantitative estimate of drug-likeness (QED) is 0.756. The van der Waals surface area contributed by atoms with Crippen LogP contribution in [0.5, 0.6) is 0 Å². The molecule has 3 aliphatic rings. The summed E-state index contributed by atoms with van der Waals surface area (Å²) in [5.74, 6) is 1.13. The fourth-order valence-corrected chi connectivity index (χ4v) is 5.74. The van der Waals surface area contributed by atoms with E-state index in [2.05, 4.69) is 9.88 Å². The molecular weight excluding hydrogens is 376 g/mol. The van der Waals surface area contributed by atoms with Crippen LogP contribution in [0.4, 0.5) is 5.82 Å². The molecule has 0 saturated carbocycles. The van der Waals surface area contributed by atoms with E-state index in [0.29, 0.717) is 24.7 Å². The summed E-state index contributed by atoms with van der Waals surface area (Å²) in [7, 11) is -2.91. The van der Waals surface area contributed by atoms with Crippen molar-refractivity contribution in [2.45, 2.75) is 38.1 Å². The van der Waals surface area contributed by atoms with Gasteiger partial charge >= 0.3 is 0 Å². The first kappa shape index (κ1) is 19.6. The van der Waals surface area contributed by atoms with E-state index in [0.717, 1.165) is 31.7 Å². The molecule has 7 nitrogen and oxygen atoms in total. The van der Waals surface area contributed by atoms with Crippen LogP contribution in [-0.4, -0.2) is 85.9 Å². The van der Waals surface area contributed by atoms with E-state index in [1.54, 1.807) is 6.20 Å². The van der Waals surface area contributed by atoms with Crippen molar-refractivity contribution >= 4 is 21.6 Å². The van der Waals surface area contributed by atoms with Gasteiger partial charge in [0.2, 0.25) is 0 Å². The summed E-state index contributed by atoms with van der Waals surface area (Å²) in [6.45, 7) is 4.97. The van der Waals surface area contributed by atoms with Crippen LogP contribution in [0.1, 0.15) is 42.5 Å². The highest BCUT2D eigenvalue weighted by Gasteiger charge is 2.28. The molecule has 0 aliphatic carbocycles. The van der Waals surface area contributed by atoms with Gasteiger partial charge < -0.3 is 14.7 Å². The minimum Gasteiger partial charge on any atom is -0.355 e. The number of likely N-dealkylation sites (tertiary alicyclic amines) is 2. The van der Waals surface area contributed by atoms with Gasteiger partial charge in [0.15, 0.2) is 9.84 Å². The van der Waals surface area contributed by atoms with E-state index >= 15 is 0 Å². The van der Waals surface area contributed by atoms with Crippen molar-refractivity contribution in [3.8, 4) is 0 Å². The second-order valence-corrected chi connectivity index (χ2v) is 10.5. The molecule has 1 amide bonds.